The molecule has 30 heavy (non-hydrogen) atoms. The highest BCUT2D eigenvalue weighted by molar-refractivity contribution is 6.00. The molecular formula is C23H32N4O3. The average molecular weight is 413 g/mol. The molecule has 0 aromatic heterocycles. The predicted molar refractivity (Wildman–Crippen MR) is 115 cm³/mol. The molecule has 4 rings (SSSR count). The van der Waals surface area contributed by atoms with Crippen molar-refractivity contribution in [2.45, 2.75) is 45.1 Å². The van der Waals surface area contributed by atoms with E-state index in [9.17, 15) is 14.4 Å². The van der Waals surface area contributed by atoms with Gasteiger partial charge in [-0.1, -0.05) is 25.5 Å². The van der Waals surface area contributed by atoms with E-state index in [0.29, 0.717) is 45.3 Å². The first-order chi connectivity index (χ1) is 14.5. The van der Waals surface area contributed by atoms with Crippen LogP contribution >= 0.6 is 0 Å². The van der Waals surface area contributed by atoms with Gasteiger partial charge in [0.1, 0.15) is 0 Å². The molecule has 1 N–H and O–H groups in total. The van der Waals surface area contributed by atoms with Crippen molar-refractivity contribution in [2.75, 3.05) is 44.2 Å². The van der Waals surface area contributed by atoms with Gasteiger partial charge in [-0.3, -0.25) is 19.3 Å². The van der Waals surface area contributed by atoms with Crippen LogP contribution in [0.15, 0.2) is 24.3 Å². The molecular weight excluding hydrogens is 380 g/mol. The SMILES string of the molecule is CCCc1ccc(N2CC(C(=O)N3CCN(CC(=O)NC4CC4)CC3)CC2=O)cc1. The molecule has 7 heteroatoms. The highest BCUT2D eigenvalue weighted by Crippen LogP contribution is 2.27. The van der Waals surface area contributed by atoms with Crippen molar-refractivity contribution in [3.05, 3.63) is 29.8 Å². The number of benzene rings is 1. The van der Waals surface area contributed by atoms with E-state index < -0.39 is 0 Å². The molecule has 1 unspecified atom stereocenters. The number of piperazine rings is 1. The highest BCUT2D eigenvalue weighted by atomic mass is 16.2. The molecule has 0 spiro atoms. The quantitative estimate of drug-likeness (QED) is 0.735. The molecule has 7 nitrogen and oxygen atoms in total. The number of aryl methyl sites for hydroxylation is 1. The van der Waals surface area contributed by atoms with Crippen molar-refractivity contribution in [3.8, 4) is 0 Å². The Morgan fingerprint density at radius 3 is 2.40 bits per heavy atom. The minimum absolute atomic E-state index is 0.0203. The van der Waals surface area contributed by atoms with Crippen LogP contribution in [0.2, 0.25) is 0 Å². The van der Waals surface area contributed by atoms with Crippen molar-refractivity contribution in [1.29, 1.82) is 0 Å². The monoisotopic (exact) mass is 412 g/mol. The van der Waals surface area contributed by atoms with Gasteiger partial charge in [-0.25, -0.2) is 0 Å². The topological polar surface area (TPSA) is 73.0 Å². The van der Waals surface area contributed by atoms with Crippen molar-refractivity contribution >= 4 is 23.4 Å². The van der Waals surface area contributed by atoms with Gasteiger partial charge in [0.15, 0.2) is 0 Å². The summed E-state index contributed by atoms with van der Waals surface area (Å²) in [7, 11) is 0. The van der Waals surface area contributed by atoms with E-state index in [-0.39, 0.29) is 30.1 Å². The van der Waals surface area contributed by atoms with E-state index in [2.05, 4.69) is 29.3 Å². The fourth-order valence-electron chi connectivity index (χ4n) is 4.34. The molecule has 162 valence electrons. The van der Waals surface area contributed by atoms with Gasteiger partial charge < -0.3 is 15.1 Å². The van der Waals surface area contributed by atoms with Crippen LogP contribution in [-0.4, -0.2) is 72.8 Å². The van der Waals surface area contributed by atoms with Gasteiger partial charge in [0, 0.05) is 50.9 Å². The van der Waals surface area contributed by atoms with Crippen molar-refractivity contribution in [1.82, 2.24) is 15.1 Å². The van der Waals surface area contributed by atoms with E-state index in [4.69, 9.17) is 0 Å². The van der Waals surface area contributed by atoms with Gasteiger partial charge in [0.2, 0.25) is 17.7 Å². The number of nitrogens with one attached hydrogen (secondary N) is 1. The fraction of sp³-hybridized carbons (Fsp3) is 0.609. The summed E-state index contributed by atoms with van der Waals surface area (Å²) in [5, 5.41) is 3.01. The molecule has 1 atom stereocenters. The van der Waals surface area contributed by atoms with Gasteiger partial charge in [0.05, 0.1) is 12.5 Å². The predicted octanol–water partition coefficient (Wildman–Crippen LogP) is 1.41. The van der Waals surface area contributed by atoms with Gasteiger partial charge in [-0.15, -0.1) is 0 Å². The Bertz CT molecular complexity index is 782. The van der Waals surface area contributed by atoms with E-state index in [1.54, 1.807) is 4.90 Å². The first-order valence-corrected chi connectivity index (χ1v) is 11.2. The Balaban J connectivity index is 1.27. The zero-order valence-electron chi connectivity index (χ0n) is 17.8. The molecule has 2 saturated heterocycles. The first kappa shape index (κ1) is 20.8. The molecule has 0 radical (unpaired) electrons. The summed E-state index contributed by atoms with van der Waals surface area (Å²) in [6.45, 7) is 5.64. The molecule has 2 aliphatic heterocycles. The summed E-state index contributed by atoms with van der Waals surface area (Å²) in [6.07, 6.45) is 4.59. The Labute approximate surface area is 178 Å². The number of hydrogen-bond donors (Lipinski definition) is 1. The number of amides is 3. The van der Waals surface area contributed by atoms with Gasteiger partial charge in [-0.05, 0) is 37.0 Å². The summed E-state index contributed by atoms with van der Waals surface area (Å²) in [6, 6.07) is 8.49. The number of nitrogens with zero attached hydrogens (tertiary/aromatic N) is 3. The summed E-state index contributed by atoms with van der Waals surface area (Å²) >= 11 is 0. The Hall–Kier alpha value is -2.41. The zero-order valence-corrected chi connectivity index (χ0v) is 17.8. The molecule has 3 aliphatic rings. The minimum Gasteiger partial charge on any atom is -0.352 e. The van der Waals surface area contributed by atoms with E-state index in [0.717, 1.165) is 31.4 Å². The van der Waals surface area contributed by atoms with Crippen LogP contribution in [0.4, 0.5) is 5.69 Å². The lowest BCUT2D eigenvalue weighted by Crippen LogP contribution is -2.52. The number of hydrogen-bond acceptors (Lipinski definition) is 4. The lowest BCUT2D eigenvalue weighted by molar-refractivity contribution is -0.137. The van der Waals surface area contributed by atoms with Crippen LogP contribution < -0.4 is 10.2 Å². The molecule has 3 amide bonds. The molecule has 1 aromatic rings. The maximum Gasteiger partial charge on any atom is 0.234 e. The fourth-order valence-corrected chi connectivity index (χ4v) is 4.34. The third-order valence-electron chi connectivity index (χ3n) is 6.25. The largest absolute Gasteiger partial charge is 0.352 e. The Kier molecular flexibility index (Phi) is 6.37. The van der Waals surface area contributed by atoms with E-state index >= 15 is 0 Å². The Morgan fingerprint density at radius 2 is 1.77 bits per heavy atom. The molecule has 1 aromatic carbocycles. The van der Waals surface area contributed by atoms with Gasteiger partial charge in [0.25, 0.3) is 0 Å². The second-order valence-corrected chi connectivity index (χ2v) is 8.77. The molecule has 2 heterocycles. The van der Waals surface area contributed by atoms with E-state index in [1.165, 1.54) is 5.56 Å². The standard InChI is InChI=1S/C23H32N4O3/c1-2-3-17-4-8-20(9-5-17)27-15-18(14-22(27)29)23(30)26-12-10-25(11-13-26)16-21(28)24-19-6-7-19/h4-5,8-9,18-19H,2-3,6-7,10-16H2,1H3,(H,24,28). The second kappa shape index (κ2) is 9.16. The first-order valence-electron chi connectivity index (χ1n) is 11.2. The van der Waals surface area contributed by atoms with Crippen LogP contribution in [0.25, 0.3) is 0 Å². The summed E-state index contributed by atoms with van der Waals surface area (Å²) < 4.78 is 0. The zero-order chi connectivity index (χ0) is 21.1. The lowest BCUT2D eigenvalue weighted by atomic mass is 10.1. The number of carbonyl (C=O) groups is 3. The maximum absolute atomic E-state index is 13.0. The minimum atomic E-state index is -0.280. The van der Waals surface area contributed by atoms with Crippen LogP contribution in [0, 0.1) is 5.92 Å². The van der Waals surface area contributed by atoms with Crippen molar-refractivity contribution in [3.63, 3.8) is 0 Å². The number of carbonyl (C=O) groups excluding carboxylic acids is 3. The van der Waals surface area contributed by atoms with Crippen LogP contribution in [-0.2, 0) is 20.8 Å². The molecule has 0 bridgehead atoms. The summed E-state index contributed by atoms with van der Waals surface area (Å²) in [4.78, 5) is 43.2. The molecule has 3 fully saturated rings. The normalized spacial score (nSPS) is 22.4. The van der Waals surface area contributed by atoms with Crippen LogP contribution in [0.5, 0.6) is 0 Å². The van der Waals surface area contributed by atoms with Crippen molar-refractivity contribution < 1.29 is 14.4 Å². The maximum atomic E-state index is 13.0. The average Bonchev–Trinajstić information content (AvgIpc) is 3.47. The molecule has 1 saturated carbocycles. The second-order valence-electron chi connectivity index (χ2n) is 8.77. The number of anilines is 1. The van der Waals surface area contributed by atoms with Crippen molar-refractivity contribution in [2.24, 2.45) is 5.92 Å². The molecule has 1 aliphatic carbocycles. The van der Waals surface area contributed by atoms with Gasteiger partial charge in [-0.2, -0.15) is 0 Å². The van der Waals surface area contributed by atoms with Crippen LogP contribution in [0.3, 0.4) is 0 Å². The third kappa shape index (κ3) is 5.01. The van der Waals surface area contributed by atoms with Crippen LogP contribution in [0.1, 0.15) is 38.2 Å². The Morgan fingerprint density at radius 1 is 1.07 bits per heavy atom. The number of rotatable bonds is 7. The third-order valence-corrected chi connectivity index (χ3v) is 6.25. The smallest absolute Gasteiger partial charge is 0.234 e. The summed E-state index contributed by atoms with van der Waals surface area (Å²) in [5.74, 6) is -0.112. The highest BCUT2D eigenvalue weighted by Gasteiger charge is 2.38. The van der Waals surface area contributed by atoms with Gasteiger partial charge >= 0.3 is 0 Å². The van der Waals surface area contributed by atoms with E-state index in [1.807, 2.05) is 17.0 Å². The summed E-state index contributed by atoms with van der Waals surface area (Å²) in [5.41, 5.74) is 2.14. The lowest BCUT2D eigenvalue weighted by Gasteiger charge is -2.35.